The van der Waals surface area contributed by atoms with Crippen LogP contribution >= 0.6 is 27.5 Å². The summed E-state index contributed by atoms with van der Waals surface area (Å²) in [5, 5.41) is 3.94. The van der Waals surface area contributed by atoms with Crippen molar-refractivity contribution in [2.24, 2.45) is 5.92 Å². The lowest BCUT2D eigenvalue weighted by Crippen LogP contribution is -2.04. The van der Waals surface area contributed by atoms with Gasteiger partial charge in [0, 0.05) is 17.2 Å². The van der Waals surface area contributed by atoms with Crippen molar-refractivity contribution < 1.29 is 0 Å². The molecule has 2 nitrogen and oxygen atoms in total. The standard InChI is InChI=1S/C11H14BrClN2/c12-9-6-10(13)11(15-7-9)14-5-1-2-8-3-4-8/h6-8H,1-5H2,(H,14,15). The lowest BCUT2D eigenvalue weighted by Gasteiger charge is -2.06. The van der Waals surface area contributed by atoms with Crippen LogP contribution in [0.1, 0.15) is 25.7 Å². The van der Waals surface area contributed by atoms with Crippen LogP contribution in [0.25, 0.3) is 0 Å². The number of anilines is 1. The average molecular weight is 290 g/mol. The second kappa shape index (κ2) is 5.17. The Morgan fingerprint density at radius 2 is 2.33 bits per heavy atom. The van der Waals surface area contributed by atoms with Gasteiger partial charge in [0.05, 0.1) is 5.02 Å². The molecule has 0 bridgehead atoms. The molecule has 0 amide bonds. The van der Waals surface area contributed by atoms with Crippen molar-refractivity contribution in [3.8, 4) is 0 Å². The Kier molecular flexibility index (Phi) is 3.87. The van der Waals surface area contributed by atoms with Crippen molar-refractivity contribution in [1.29, 1.82) is 0 Å². The predicted molar refractivity (Wildman–Crippen MR) is 67.4 cm³/mol. The molecule has 0 aliphatic heterocycles. The van der Waals surface area contributed by atoms with Gasteiger partial charge in [-0.05, 0) is 40.8 Å². The smallest absolute Gasteiger partial charge is 0.144 e. The van der Waals surface area contributed by atoms with E-state index in [0.717, 1.165) is 22.8 Å². The van der Waals surface area contributed by atoms with Crippen LogP contribution in [0.3, 0.4) is 0 Å². The molecule has 2 rings (SSSR count). The molecule has 1 fully saturated rings. The topological polar surface area (TPSA) is 24.9 Å². The van der Waals surface area contributed by atoms with Crippen molar-refractivity contribution in [2.75, 3.05) is 11.9 Å². The van der Waals surface area contributed by atoms with Crippen LogP contribution in [0, 0.1) is 5.92 Å². The van der Waals surface area contributed by atoms with Crippen LogP contribution in [0.2, 0.25) is 5.02 Å². The summed E-state index contributed by atoms with van der Waals surface area (Å²) in [5.41, 5.74) is 0. The Morgan fingerprint density at radius 3 is 3.00 bits per heavy atom. The molecule has 0 saturated heterocycles. The first-order valence-electron chi connectivity index (χ1n) is 5.30. The summed E-state index contributed by atoms with van der Waals surface area (Å²) in [6.07, 6.45) is 7.16. The van der Waals surface area contributed by atoms with E-state index in [2.05, 4.69) is 26.2 Å². The number of aromatic nitrogens is 1. The Labute approximate surface area is 104 Å². The fourth-order valence-electron chi connectivity index (χ4n) is 1.55. The molecule has 0 atom stereocenters. The van der Waals surface area contributed by atoms with E-state index in [4.69, 9.17) is 11.6 Å². The molecule has 82 valence electrons. The Balaban J connectivity index is 1.76. The molecule has 4 heteroatoms. The van der Waals surface area contributed by atoms with Gasteiger partial charge in [0.15, 0.2) is 0 Å². The maximum atomic E-state index is 6.03. The van der Waals surface area contributed by atoms with E-state index in [1.807, 2.05) is 6.07 Å². The summed E-state index contributed by atoms with van der Waals surface area (Å²) >= 11 is 9.36. The van der Waals surface area contributed by atoms with E-state index >= 15 is 0 Å². The molecule has 1 aromatic rings. The highest BCUT2D eigenvalue weighted by atomic mass is 79.9. The molecule has 1 heterocycles. The lowest BCUT2D eigenvalue weighted by atomic mass is 10.2. The van der Waals surface area contributed by atoms with Gasteiger partial charge >= 0.3 is 0 Å². The molecule has 1 aliphatic rings. The molecule has 0 radical (unpaired) electrons. The van der Waals surface area contributed by atoms with Gasteiger partial charge in [0.1, 0.15) is 5.82 Å². The van der Waals surface area contributed by atoms with Crippen molar-refractivity contribution in [2.45, 2.75) is 25.7 Å². The minimum absolute atomic E-state index is 0.677. The summed E-state index contributed by atoms with van der Waals surface area (Å²) in [4.78, 5) is 4.22. The van der Waals surface area contributed by atoms with Gasteiger partial charge in [-0.25, -0.2) is 4.98 Å². The van der Waals surface area contributed by atoms with Gasteiger partial charge in [-0.2, -0.15) is 0 Å². The van der Waals surface area contributed by atoms with Gasteiger partial charge in [0.2, 0.25) is 0 Å². The number of halogens is 2. The molecule has 0 spiro atoms. The molecule has 1 N–H and O–H groups in total. The third kappa shape index (κ3) is 3.65. The zero-order chi connectivity index (χ0) is 10.7. The fourth-order valence-corrected chi connectivity index (χ4v) is 2.24. The van der Waals surface area contributed by atoms with Crippen LogP contribution in [-0.2, 0) is 0 Å². The number of pyridine rings is 1. The van der Waals surface area contributed by atoms with Crippen molar-refractivity contribution in [3.63, 3.8) is 0 Å². The second-order valence-electron chi connectivity index (χ2n) is 4.00. The number of hydrogen-bond acceptors (Lipinski definition) is 2. The summed E-state index contributed by atoms with van der Waals surface area (Å²) in [6, 6.07) is 1.86. The van der Waals surface area contributed by atoms with Crippen LogP contribution in [-0.4, -0.2) is 11.5 Å². The number of nitrogens with zero attached hydrogens (tertiary/aromatic N) is 1. The molecule has 15 heavy (non-hydrogen) atoms. The number of hydrogen-bond donors (Lipinski definition) is 1. The van der Waals surface area contributed by atoms with E-state index in [0.29, 0.717) is 5.02 Å². The van der Waals surface area contributed by atoms with Crippen LogP contribution in [0.15, 0.2) is 16.7 Å². The van der Waals surface area contributed by atoms with Crippen molar-refractivity contribution in [1.82, 2.24) is 4.98 Å². The van der Waals surface area contributed by atoms with Gasteiger partial charge in [0.25, 0.3) is 0 Å². The zero-order valence-corrected chi connectivity index (χ0v) is 10.8. The minimum atomic E-state index is 0.677. The van der Waals surface area contributed by atoms with Gasteiger partial charge < -0.3 is 5.32 Å². The van der Waals surface area contributed by atoms with E-state index < -0.39 is 0 Å². The van der Waals surface area contributed by atoms with E-state index in [1.165, 1.54) is 25.7 Å². The first-order chi connectivity index (χ1) is 7.25. The zero-order valence-electron chi connectivity index (χ0n) is 8.47. The highest BCUT2D eigenvalue weighted by Gasteiger charge is 2.19. The summed E-state index contributed by atoms with van der Waals surface area (Å²) in [6.45, 7) is 0.963. The van der Waals surface area contributed by atoms with E-state index in [1.54, 1.807) is 6.20 Å². The minimum Gasteiger partial charge on any atom is -0.369 e. The monoisotopic (exact) mass is 288 g/mol. The average Bonchev–Trinajstić information content (AvgIpc) is 2.99. The maximum Gasteiger partial charge on any atom is 0.144 e. The Bertz CT molecular complexity index is 339. The highest BCUT2D eigenvalue weighted by molar-refractivity contribution is 9.10. The van der Waals surface area contributed by atoms with Crippen LogP contribution < -0.4 is 5.32 Å². The third-order valence-electron chi connectivity index (χ3n) is 2.59. The molecule has 0 aromatic carbocycles. The second-order valence-corrected chi connectivity index (χ2v) is 5.32. The number of rotatable bonds is 5. The highest BCUT2D eigenvalue weighted by Crippen LogP contribution is 2.33. The normalized spacial score (nSPS) is 15.3. The summed E-state index contributed by atoms with van der Waals surface area (Å²) in [5.74, 6) is 1.79. The van der Waals surface area contributed by atoms with Gasteiger partial charge in [-0.15, -0.1) is 0 Å². The Morgan fingerprint density at radius 1 is 1.53 bits per heavy atom. The van der Waals surface area contributed by atoms with Gasteiger partial charge in [-0.3, -0.25) is 0 Å². The summed E-state index contributed by atoms with van der Waals surface area (Å²) in [7, 11) is 0. The third-order valence-corrected chi connectivity index (χ3v) is 3.31. The largest absolute Gasteiger partial charge is 0.369 e. The first kappa shape index (κ1) is 11.2. The van der Waals surface area contributed by atoms with Crippen LogP contribution in [0.5, 0.6) is 0 Å². The van der Waals surface area contributed by atoms with Gasteiger partial charge in [-0.1, -0.05) is 24.4 Å². The number of nitrogens with one attached hydrogen (secondary N) is 1. The molecule has 0 unspecified atom stereocenters. The maximum absolute atomic E-state index is 6.03. The lowest BCUT2D eigenvalue weighted by molar-refractivity contribution is 0.686. The van der Waals surface area contributed by atoms with E-state index in [9.17, 15) is 0 Å². The summed E-state index contributed by atoms with van der Waals surface area (Å²) < 4.78 is 0.913. The fraction of sp³-hybridized carbons (Fsp3) is 0.545. The SMILES string of the molecule is Clc1cc(Br)cnc1NCCCC1CC1. The van der Waals surface area contributed by atoms with Crippen molar-refractivity contribution in [3.05, 3.63) is 21.8 Å². The molecular formula is C11H14BrClN2. The molecular weight excluding hydrogens is 275 g/mol. The molecule has 1 saturated carbocycles. The van der Waals surface area contributed by atoms with E-state index in [-0.39, 0.29) is 0 Å². The van der Waals surface area contributed by atoms with Crippen molar-refractivity contribution >= 4 is 33.3 Å². The predicted octanol–water partition coefficient (Wildman–Crippen LogP) is 4.10. The first-order valence-corrected chi connectivity index (χ1v) is 6.48. The Hall–Kier alpha value is -0.280. The molecule has 1 aromatic heterocycles. The van der Waals surface area contributed by atoms with Crippen LogP contribution in [0.4, 0.5) is 5.82 Å². The quantitative estimate of drug-likeness (QED) is 0.826. The molecule has 1 aliphatic carbocycles.